The van der Waals surface area contributed by atoms with Gasteiger partial charge in [-0.1, -0.05) is 6.92 Å². The van der Waals surface area contributed by atoms with Gasteiger partial charge in [0.25, 0.3) is 0 Å². The molecule has 0 aliphatic heterocycles. The fraction of sp³-hybridized carbons (Fsp3) is 0.571. The van der Waals surface area contributed by atoms with Crippen molar-refractivity contribution in [3.63, 3.8) is 0 Å². The van der Waals surface area contributed by atoms with Gasteiger partial charge in [-0.2, -0.15) is 11.8 Å². The van der Waals surface area contributed by atoms with Crippen molar-refractivity contribution in [2.24, 2.45) is 0 Å². The standard InChI is InChI=1S/C14H22N2O4S/c1-5-10(8-21-4)16(3)14(19)15-7-11-6-12(13(17)18)9(2)20-11/h6,10H,5,7-8H2,1-4H3,(H,15,19)(H,17,18). The lowest BCUT2D eigenvalue weighted by molar-refractivity contribution is 0.0695. The molecule has 0 aromatic carbocycles. The quantitative estimate of drug-likeness (QED) is 0.808. The zero-order valence-corrected chi connectivity index (χ0v) is 13.6. The molecule has 2 N–H and O–H groups in total. The van der Waals surface area contributed by atoms with Crippen LogP contribution in [0.2, 0.25) is 0 Å². The Morgan fingerprint density at radius 2 is 2.19 bits per heavy atom. The van der Waals surface area contributed by atoms with Gasteiger partial charge in [-0.05, 0) is 25.7 Å². The Morgan fingerprint density at radius 3 is 2.67 bits per heavy atom. The highest BCUT2D eigenvalue weighted by Gasteiger charge is 2.19. The summed E-state index contributed by atoms with van der Waals surface area (Å²) in [4.78, 5) is 24.7. The SMILES string of the molecule is CCC(CSC)N(C)C(=O)NCc1cc(C(=O)O)c(C)o1. The Hall–Kier alpha value is -1.63. The largest absolute Gasteiger partial charge is 0.478 e. The van der Waals surface area contributed by atoms with Gasteiger partial charge in [0.2, 0.25) is 0 Å². The minimum absolute atomic E-state index is 0.126. The van der Waals surface area contributed by atoms with Gasteiger partial charge in [-0.3, -0.25) is 0 Å². The Morgan fingerprint density at radius 1 is 1.52 bits per heavy atom. The molecule has 0 aliphatic carbocycles. The lowest BCUT2D eigenvalue weighted by atomic mass is 10.2. The molecule has 1 aromatic heterocycles. The first-order valence-electron chi connectivity index (χ1n) is 6.72. The molecule has 7 heteroatoms. The fourth-order valence-electron chi connectivity index (χ4n) is 1.99. The third-order valence-electron chi connectivity index (χ3n) is 3.31. The monoisotopic (exact) mass is 314 g/mol. The van der Waals surface area contributed by atoms with Gasteiger partial charge >= 0.3 is 12.0 Å². The summed E-state index contributed by atoms with van der Waals surface area (Å²) < 4.78 is 5.32. The van der Waals surface area contributed by atoms with Crippen LogP contribution in [0.4, 0.5) is 4.79 Å². The smallest absolute Gasteiger partial charge is 0.339 e. The highest BCUT2D eigenvalue weighted by atomic mass is 32.2. The predicted octanol–water partition coefficient (Wildman–Crippen LogP) is 2.57. The van der Waals surface area contributed by atoms with Crippen molar-refractivity contribution in [3.8, 4) is 0 Å². The number of amides is 2. The van der Waals surface area contributed by atoms with Gasteiger partial charge < -0.3 is 19.7 Å². The first kappa shape index (κ1) is 17.4. The predicted molar refractivity (Wildman–Crippen MR) is 82.9 cm³/mol. The van der Waals surface area contributed by atoms with E-state index in [1.807, 2.05) is 13.2 Å². The van der Waals surface area contributed by atoms with E-state index in [4.69, 9.17) is 9.52 Å². The lowest BCUT2D eigenvalue weighted by Gasteiger charge is -2.26. The number of urea groups is 1. The lowest BCUT2D eigenvalue weighted by Crippen LogP contribution is -2.44. The third kappa shape index (κ3) is 4.70. The molecule has 0 spiro atoms. The molecule has 1 unspecified atom stereocenters. The number of aryl methyl sites for hydroxylation is 1. The molecular formula is C14H22N2O4S. The van der Waals surface area contributed by atoms with Crippen molar-refractivity contribution in [2.75, 3.05) is 19.1 Å². The van der Waals surface area contributed by atoms with Crippen LogP contribution in [0.15, 0.2) is 10.5 Å². The number of nitrogens with one attached hydrogen (secondary N) is 1. The maximum absolute atomic E-state index is 12.1. The molecule has 118 valence electrons. The molecule has 21 heavy (non-hydrogen) atoms. The summed E-state index contributed by atoms with van der Waals surface area (Å²) in [5.41, 5.74) is 0.126. The highest BCUT2D eigenvalue weighted by molar-refractivity contribution is 7.98. The zero-order chi connectivity index (χ0) is 16.0. The first-order valence-corrected chi connectivity index (χ1v) is 8.12. The van der Waals surface area contributed by atoms with Gasteiger partial charge in [0.15, 0.2) is 0 Å². The van der Waals surface area contributed by atoms with E-state index < -0.39 is 5.97 Å². The summed E-state index contributed by atoms with van der Waals surface area (Å²) in [6.45, 7) is 3.80. The molecule has 0 fully saturated rings. The number of carbonyl (C=O) groups excluding carboxylic acids is 1. The van der Waals surface area contributed by atoms with E-state index in [-0.39, 0.29) is 24.2 Å². The van der Waals surface area contributed by atoms with Crippen LogP contribution in [0, 0.1) is 6.92 Å². The Bertz CT molecular complexity index is 501. The van der Waals surface area contributed by atoms with Gasteiger partial charge in [0.05, 0.1) is 6.54 Å². The maximum Gasteiger partial charge on any atom is 0.339 e. The van der Waals surface area contributed by atoms with Gasteiger partial charge in [-0.15, -0.1) is 0 Å². The molecule has 1 heterocycles. The Kier molecular flexibility index (Phi) is 6.61. The number of carboxylic acid groups (broad SMARTS) is 1. The second-order valence-electron chi connectivity index (χ2n) is 4.77. The number of hydrogen-bond acceptors (Lipinski definition) is 4. The third-order valence-corrected chi connectivity index (χ3v) is 4.03. The molecule has 6 nitrogen and oxygen atoms in total. The maximum atomic E-state index is 12.1. The van der Waals surface area contributed by atoms with Crippen LogP contribution in [0.3, 0.4) is 0 Å². The molecule has 1 rings (SSSR count). The number of furan rings is 1. The number of thioether (sulfide) groups is 1. The second kappa shape index (κ2) is 7.97. The number of carboxylic acids is 1. The van der Waals surface area contributed by atoms with Crippen LogP contribution >= 0.6 is 11.8 Å². The Labute approximate surface area is 128 Å². The molecule has 0 bridgehead atoms. The van der Waals surface area contributed by atoms with E-state index >= 15 is 0 Å². The van der Waals surface area contributed by atoms with Crippen LogP contribution < -0.4 is 5.32 Å². The molecule has 0 saturated carbocycles. The summed E-state index contributed by atoms with van der Waals surface area (Å²) in [5.74, 6) is 0.624. The van der Waals surface area contributed by atoms with Crippen molar-refractivity contribution in [1.82, 2.24) is 10.2 Å². The molecular weight excluding hydrogens is 292 g/mol. The molecule has 0 aliphatic rings. The van der Waals surface area contributed by atoms with Crippen molar-refractivity contribution >= 4 is 23.8 Å². The molecule has 1 atom stereocenters. The van der Waals surface area contributed by atoms with Crippen LogP contribution in [0.5, 0.6) is 0 Å². The number of nitrogens with zero attached hydrogens (tertiary/aromatic N) is 1. The van der Waals surface area contributed by atoms with Gasteiger partial charge in [0.1, 0.15) is 17.1 Å². The van der Waals surface area contributed by atoms with Crippen molar-refractivity contribution in [3.05, 3.63) is 23.2 Å². The summed E-state index contributed by atoms with van der Waals surface area (Å²) in [5, 5.41) is 11.7. The van der Waals surface area contributed by atoms with Crippen molar-refractivity contribution in [1.29, 1.82) is 0 Å². The summed E-state index contributed by atoms with van der Waals surface area (Å²) in [7, 11) is 1.76. The number of carbonyl (C=O) groups is 2. The average molecular weight is 314 g/mol. The van der Waals surface area contributed by atoms with Crippen LogP contribution in [-0.2, 0) is 6.54 Å². The summed E-state index contributed by atoms with van der Waals surface area (Å²) in [6.07, 6.45) is 2.89. The highest BCUT2D eigenvalue weighted by Crippen LogP contribution is 2.15. The van der Waals surface area contributed by atoms with Crippen LogP contribution in [-0.4, -0.2) is 47.1 Å². The van der Waals surface area contributed by atoms with Gasteiger partial charge in [-0.25, -0.2) is 9.59 Å². The van der Waals surface area contributed by atoms with E-state index in [0.29, 0.717) is 11.5 Å². The Balaban J connectivity index is 2.60. The van der Waals surface area contributed by atoms with Gasteiger partial charge in [0, 0.05) is 18.8 Å². The van der Waals surface area contributed by atoms with E-state index in [2.05, 4.69) is 5.32 Å². The normalized spacial score (nSPS) is 12.0. The van der Waals surface area contributed by atoms with E-state index in [1.54, 1.807) is 30.6 Å². The topological polar surface area (TPSA) is 82.8 Å². The number of rotatable bonds is 7. The van der Waals surface area contributed by atoms with Crippen molar-refractivity contribution in [2.45, 2.75) is 32.9 Å². The minimum Gasteiger partial charge on any atom is -0.478 e. The number of hydrogen-bond donors (Lipinski definition) is 2. The van der Waals surface area contributed by atoms with E-state index in [0.717, 1.165) is 12.2 Å². The fourth-order valence-corrected chi connectivity index (χ4v) is 2.84. The molecule has 0 radical (unpaired) electrons. The molecule has 1 aromatic rings. The van der Waals surface area contributed by atoms with E-state index in [1.165, 1.54) is 6.07 Å². The van der Waals surface area contributed by atoms with Crippen LogP contribution in [0.1, 0.15) is 35.2 Å². The van der Waals surface area contributed by atoms with Crippen molar-refractivity contribution < 1.29 is 19.1 Å². The van der Waals surface area contributed by atoms with E-state index in [9.17, 15) is 9.59 Å². The second-order valence-corrected chi connectivity index (χ2v) is 5.69. The van der Waals surface area contributed by atoms with Crippen LogP contribution in [0.25, 0.3) is 0 Å². The average Bonchev–Trinajstić information content (AvgIpc) is 2.82. The summed E-state index contributed by atoms with van der Waals surface area (Å²) >= 11 is 1.70. The number of aromatic carboxylic acids is 1. The summed E-state index contributed by atoms with van der Waals surface area (Å²) in [6, 6.07) is 1.42. The minimum atomic E-state index is -1.03. The first-order chi connectivity index (χ1) is 9.90. The zero-order valence-electron chi connectivity index (χ0n) is 12.8. The molecule has 0 saturated heterocycles. The molecule has 2 amide bonds.